The third kappa shape index (κ3) is 2.54. The lowest BCUT2D eigenvalue weighted by Crippen LogP contribution is -2.26. The fourth-order valence-electron chi connectivity index (χ4n) is 3.18. The van der Waals surface area contributed by atoms with Gasteiger partial charge in [-0.15, -0.1) is 0 Å². The van der Waals surface area contributed by atoms with Crippen LogP contribution in [0, 0.1) is 32.1 Å². The smallest absolute Gasteiger partial charge is 0.343 e. The van der Waals surface area contributed by atoms with Crippen LogP contribution in [0.2, 0.25) is 0 Å². The van der Waals surface area contributed by atoms with Gasteiger partial charge in [0.15, 0.2) is 0 Å². The first-order valence-corrected chi connectivity index (χ1v) is 7.75. The lowest BCUT2D eigenvalue weighted by Gasteiger charge is -2.27. The van der Waals surface area contributed by atoms with Gasteiger partial charge in [0.25, 0.3) is 0 Å². The molecule has 128 valence electrons. The summed E-state index contributed by atoms with van der Waals surface area (Å²) in [6.45, 7) is 5.50. The molecular formula is C19H18N2O4. The minimum absolute atomic E-state index is 0.00197. The number of benzene rings is 1. The summed E-state index contributed by atoms with van der Waals surface area (Å²) in [5.74, 6) is 0.828. The molecule has 6 nitrogen and oxygen atoms in total. The lowest BCUT2D eigenvalue weighted by atomic mass is 9.81. The van der Waals surface area contributed by atoms with Crippen LogP contribution in [0.1, 0.15) is 33.9 Å². The van der Waals surface area contributed by atoms with Gasteiger partial charge in [-0.3, -0.25) is 0 Å². The Labute approximate surface area is 145 Å². The number of allylic oxidation sites excluding steroid dienone is 1. The quantitative estimate of drug-likeness (QED) is 0.904. The van der Waals surface area contributed by atoms with Crippen molar-refractivity contribution < 1.29 is 13.9 Å². The van der Waals surface area contributed by atoms with E-state index in [0.29, 0.717) is 11.5 Å². The molecular weight excluding hydrogens is 320 g/mol. The van der Waals surface area contributed by atoms with Gasteiger partial charge in [0.2, 0.25) is 5.88 Å². The van der Waals surface area contributed by atoms with E-state index in [-0.39, 0.29) is 17.0 Å². The van der Waals surface area contributed by atoms with E-state index >= 15 is 0 Å². The maximum absolute atomic E-state index is 12.5. The largest absolute Gasteiger partial charge is 0.496 e. The molecule has 0 bridgehead atoms. The van der Waals surface area contributed by atoms with E-state index < -0.39 is 11.5 Å². The highest BCUT2D eigenvalue weighted by Crippen LogP contribution is 2.42. The first-order valence-electron chi connectivity index (χ1n) is 7.75. The van der Waals surface area contributed by atoms with Crippen LogP contribution in [-0.2, 0) is 0 Å². The molecule has 0 spiro atoms. The van der Waals surface area contributed by atoms with Crippen LogP contribution in [0.5, 0.6) is 11.5 Å². The average molecular weight is 338 g/mol. The van der Waals surface area contributed by atoms with Crippen molar-refractivity contribution in [3.05, 3.63) is 68.1 Å². The second-order valence-corrected chi connectivity index (χ2v) is 5.95. The van der Waals surface area contributed by atoms with Crippen molar-refractivity contribution in [3.63, 3.8) is 0 Å². The van der Waals surface area contributed by atoms with E-state index in [0.717, 1.165) is 22.4 Å². The maximum atomic E-state index is 12.5. The van der Waals surface area contributed by atoms with Crippen LogP contribution in [-0.4, -0.2) is 7.11 Å². The number of nitriles is 1. The van der Waals surface area contributed by atoms with E-state index in [2.05, 4.69) is 6.07 Å². The minimum atomic E-state index is -0.643. The second-order valence-electron chi connectivity index (χ2n) is 5.95. The molecule has 2 N–H and O–H groups in total. The molecule has 1 aromatic carbocycles. The van der Waals surface area contributed by atoms with E-state index in [1.807, 2.05) is 26.0 Å². The predicted molar refractivity (Wildman–Crippen MR) is 91.5 cm³/mol. The van der Waals surface area contributed by atoms with Crippen LogP contribution in [0.25, 0.3) is 0 Å². The molecule has 25 heavy (non-hydrogen) atoms. The zero-order valence-electron chi connectivity index (χ0n) is 14.5. The Balaban J connectivity index is 2.34. The van der Waals surface area contributed by atoms with E-state index in [9.17, 15) is 10.1 Å². The van der Waals surface area contributed by atoms with Crippen LogP contribution < -0.4 is 20.8 Å². The fraction of sp³-hybridized carbons (Fsp3) is 0.263. The van der Waals surface area contributed by atoms with Crippen molar-refractivity contribution in [1.29, 1.82) is 5.26 Å². The van der Waals surface area contributed by atoms with Gasteiger partial charge in [0, 0.05) is 6.07 Å². The van der Waals surface area contributed by atoms with Crippen LogP contribution in [0.4, 0.5) is 0 Å². The first kappa shape index (κ1) is 16.7. The Hall–Kier alpha value is -3.20. The fourth-order valence-corrected chi connectivity index (χ4v) is 3.18. The molecule has 1 atom stereocenters. The van der Waals surface area contributed by atoms with Crippen LogP contribution >= 0.6 is 0 Å². The first-order chi connectivity index (χ1) is 11.9. The molecule has 6 heteroatoms. The van der Waals surface area contributed by atoms with E-state index in [4.69, 9.17) is 19.6 Å². The molecule has 2 heterocycles. The molecule has 2 aromatic rings. The summed E-state index contributed by atoms with van der Waals surface area (Å²) in [6, 6.07) is 7.34. The molecule has 1 aromatic heterocycles. The highest BCUT2D eigenvalue weighted by atomic mass is 16.5. The third-order valence-corrected chi connectivity index (χ3v) is 4.57. The Bertz CT molecular complexity index is 996. The number of hydrogen-bond acceptors (Lipinski definition) is 6. The third-order valence-electron chi connectivity index (χ3n) is 4.57. The molecule has 0 amide bonds. The molecule has 1 aliphatic rings. The average Bonchev–Trinajstić information content (AvgIpc) is 2.56. The summed E-state index contributed by atoms with van der Waals surface area (Å²) >= 11 is 0. The maximum Gasteiger partial charge on any atom is 0.343 e. The zero-order chi connectivity index (χ0) is 18.3. The topological polar surface area (TPSA) is 98.5 Å². The number of methoxy groups -OCH3 is 1. The Kier molecular flexibility index (Phi) is 4.01. The molecule has 3 rings (SSSR count). The van der Waals surface area contributed by atoms with Gasteiger partial charge in [-0.05, 0) is 43.5 Å². The van der Waals surface area contributed by atoms with Crippen molar-refractivity contribution in [1.82, 2.24) is 0 Å². The molecule has 1 aliphatic heterocycles. The Morgan fingerprint density at radius 1 is 1.24 bits per heavy atom. The van der Waals surface area contributed by atoms with Gasteiger partial charge in [-0.1, -0.05) is 6.07 Å². The van der Waals surface area contributed by atoms with Gasteiger partial charge >= 0.3 is 5.63 Å². The zero-order valence-corrected chi connectivity index (χ0v) is 14.5. The Morgan fingerprint density at radius 3 is 2.60 bits per heavy atom. The highest BCUT2D eigenvalue weighted by molar-refractivity contribution is 5.58. The highest BCUT2D eigenvalue weighted by Gasteiger charge is 2.35. The summed E-state index contributed by atoms with van der Waals surface area (Å²) in [5, 5.41) is 9.60. The van der Waals surface area contributed by atoms with Crippen LogP contribution in [0.3, 0.4) is 0 Å². The van der Waals surface area contributed by atoms with Gasteiger partial charge in [0.1, 0.15) is 28.9 Å². The summed E-state index contributed by atoms with van der Waals surface area (Å²) < 4.78 is 16.1. The molecule has 0 saturated carbocycles. The molecule has 0 radical (unpaired) electrons. The molecule has 0 fully saturated rings. The normalized spacial score (nSPS) is 16.0. The number of fused-ring (bicyclic) bond motifs is 1. The molecule has 0 aliphatic carbocycles. The van der Waals surface area contributed by atoms with Crippen LogP contribution in [0.15, 0.2) is 38.9 Å². The van der Waals surface area contributed by atoms with Crippen molar-refractivity contribution >= 4 is 0 Å². The predicted octanol–water partition coefficient (Wildman–Crippen LogP) is 2.79. The van der Waals surface area contributed by atoms with Gasteiger partial charge in [-0.2, -0.15) is 5.26 Å². The number of aryl methyl sites for hydroxylation is 1. The second kappa shape index (κ2) is 6.02. The number of rotatable bonds is 2. The Morgan fingerprint density at radius 2 is 1.96 bits per heavy atom. The monoisotopic (exact) mass is 338 g/mol. The summed E-state index contributed by atoms with van der Waals surface area (Å²) in [5.41, 5.74) is 8.53. The van der Waals surface area contributed by atoms with Crippen molar-refractivity contribution in [3.8, 4) is 17.6 Å². The van der Waals surface area contributed by atoms with Crippen molar-refractivity contribution in [2.24, 2.45) is 5.73 Å². The summed E-state index contributed by atoms with van der Waals surface area (Å²) in [7, 11) is 1.60. The number of hydrogen-bond donors (Lipinski definition) is 1. The van der Waals surface area contributed by atoms with Gasteiger partial charge in [-0.25, -0.2) is 4.79 Å². The van der Waals surface area contributed by atoms with E-state index in [1.165, 1.54) is 0 Å². The number of nitrogens with two attached hydrogens (primary N) is 1. The van der Waals surface area contributed by atoms with Crippen molar-refractivity contribution in [2.45, 2.75) is 26.7 Å². The summed E-state index contributed by atoms with van der Waals surface area (Å²) in [6.07, 6.45) is 0. The number of nitrogens with zero attached hydrogens (tertiary/aromatic N) is 1. The molecule has 0 saturated heterocycles. The SMILES string of the molecule is COc1ccc([C@@H]2C(C#N)=C(N)Oc3cc(C)oc(=O)c32)c(C)c1C. The van der Waals surface area contributed by atoms with Gasteiger partial charge in [0.05, 0.1) is 18.6 Å². The number of ether oxygens (including phenoxy) is 2. The standard InChI is InChI=1S/C19H18N2O4/c1-9-7-15-17(19(22)24-9)16(13(8-20)18(21)25-15)12-5-6-14(23-4)11(3)10(12)2/h5-7,16H,21H2,1-4H3/t16-/m1/s1. The lowest BCUT2D eigenvalue weighted by molar-refractivity contribution is 0.371. The van der Waals surface area contributed by atoms with Crippen molar-refractivity contribution in [2.75, 3.05) is 7.11 Å². The molecule has 0 unspecified atom stereocenters. The summed E-state index contributed by atoms with van der Waals surface area (Å²) in [4.78, 5) is 12.5. The van der Waals surface area contributed by atoms with Gasteiger partial charge < -0.3 is 19.6 Å². The minimum Gasteiger partial charge on any atom is -0.496 e. The van der Waals surface area contributed by atoms with E-state index in [1.54, 1.807) is 20.1 Å².